The smallest absolute Gasteiger partial charge is 0.249 e. The molecule has 23 heavy (non-hydrogen) atoms. The number of primary amides is 1. The number of ketones is 1. The van der Waals surface area contributed by atoms with E-state index in [9.17, 15) is 9.59 Å². The first-order chi connectivity index (χ1) is 11.1. The van der Waals surface area contributed by atoms with Gasteiger partial charge in [0.05, 0.1) is 16.8 Å². The summed E-state index contributed by atoms with van der Waals surface area (Å²) in [6.45, 7) is 3.12. The van der Waals surface area contributed by atoms with Gasteiger partial charge in [-0.3, -0.25) is 14.6 Å². The van der Waals surface area contributed by atoms with E-state index >= 15 is 0 Å². The summed E-state index contributed by atoms with van der Waals surface area (Å²) in [4.78, 5) is 28.3. The lowest BCUT2D eigenvalue weighted by Crippen LogP contribution is -2.16. The number of Topliss-reactive ketones (excluding diaryl/α,β-unsaturated/α-hetero) is 1. The summed E-state index contributed by atoms with van der Waals surface area (Å²) in [6, 6.07) is 5.45. The summed E-state index contributed by atoms with van der Waals surface area (Å²) in [5.74, 6) is -0.551. The van der Waals surface area contributed by atoms with Crippen molar-refractivity contribution in [3.63, 3.8) is 0 Å². The Morgan fingerprint density at radius 2 is 2.13 bits per heavy atom. The Morgan fingerprint density at radius 1 is 1.30 bits per heavy atom. The van der Waals surface area contributed by atoms with Crippen LogP contribution in [-0.4, -0.2) is 29.0 Å². The number of fused-ring (bicyclic) bond motifs is 3. The van der Waals surface area contributed by atoms with Gasteiger partial charge in [-0.05, 0) is 18.6 Å². The van der Waals surface area contributed by atoms with E-state index < -0.39 is 5.91 Å². The van der Waals surface area contributed by atoms with E-state index in [-0.39, 0.29) is 12.3 Å². The van der Waals surface area contributed by atoms with Crippen LogP contribution in [0.25, 0.3) is 10.9 Å². The molecule has 1 aliphatic heterocycles. The van der Waals surface area contributed by atoms with Crippen molar-refractivity contribution in [3.05, 3.63) is 35.0 Å². The summed E-state index contributed by atoms with van der Waals surface area (Å²) >= 11 is 0. The molecule has 0 bridgehead atoms. The number of hydrogen-bond acceptors (Lipinski definition) is 3. The molecule has 0 saturated carbocycles. The topological polar surface area (TPSA) is 77.5 Å². The molecule has 2 heterocycles. The molecule has 1 amide bonds. The van der Waals surface area contributed by atoms with E-state index in [0.29, 0.717) is 16.5 Å². The second-order valence-electron chi connectivity index (χ2n) is 5.93. The maximum Gasteiger partial charge on any atom is 0.249 e. The summed E-state index contributed by atoms with van der Waals surface area (Å²) < 4.78 is 2.10. The van der Waals surface area contributed by atoms with Crippen LogP contribution in [0.5, 0.6) is 0 Å². The molecule has 0 atom stereocenters. The predicted octanol–water partition coefficient (Wildman–Crippen LogP) is 2.94. The number of carbonyl (C=O) groups is 2. The maximum atomic E-state index is 12.4. The Balaban J connectivity index is 2.16. The van der Waals surface area contributed by atoms with E-state index in [0.717, 1.165) is 30.6 Å². The maximum absolute atomic E-state index is 12.4. The van der Waals surface area contributed by atoms with Crippen molar-refractivity contribution in [2.24, 2.45) is 10.7 Å². The lowest BCUT2D eigenvalue weighted by molar-refractivity contribution is 0.0998. The van der Waals surface area contributed by atoms with Gasteiger partial charge in [-0.15, -0.1) is 0 Å². The van der Waals surface area contributed by atoms with Gasteiger partial charge in [0, 0.05) is 23.7 Å². The fourth-order valence-corrected chi connectivity index (χ4v) is 3.27. The molecular weight excluding hydrogens is 290 g/mol. The number of benzene rings is 1. The third-order valence-corrected chi connectivity index (χ3v) is 4.36. The van der Waals surface area contributed by atoms with Crippen molar-refractivity contribution in [2.45, 2.75) is 39.2 Å². The molecule has 0 spiro atoms. The molecule has 2 N–H and O–H groups in total. The Labute approximate surface area is 135 Å². The van der Waals surface area contributed by atoms with Crippen molar-refractivity contribution in [1.29, 1.82) is 0 Å². The second kappa shape index (κ2) is 6.36. The SMILES string of the molecule is CCCCCCn1c2c(c3c(C(N)=O)cccc31)C(=O)CN=C2. The minimum absolute atomic E-state index is 0.0477. The molecular formula is C18H21N3O2. The van der Waals surface area contributed by atoms with E-state index in [2.05, 4.69) is 16.5 Å². The second-order valence-corrected chi connectivity index (χ2v) is 5.93. The fourth-order valence-electron chi connectivity index (χ4n) is 3.27. The summed E-state index contributed by atoms with van der Waals surface area (Å²) in [7, 11) is 0. The number of carbonyl (C=O) groups excluding carboxylic acids is 2. The highest BCUT2D eigenvalue weighted by molar-refractivity contribution is 6.21. The zero-order valence-electron chi connectivity index (χ0n) is 13.3. The first-order valence-corrected chi connectivity index (χ1v) is 8.13. The zero-order chi connectivity index (χ0) is 16.4. The van der Waals surface area contributed by atoms with Gasteiger partial charge in [0.1, 0.15) is 6.54 Å². The Kier molecular flexibility index (Phi) is 4.28. The van der Waals surface area contributed by atoms with Gasteiger partial charge in [0.25, 0.3) is 0 Å². The van der Waals surface area contributed by atoms with E-state index in [1.165, 1.54) is 12.8 Å². The molecule has 1 aromatic heterocycles. The van der Waals surface area contributed by atoms with Crippen LogP contribution in [0.3, 0.4) is 0 Å². The molecule has 0 radical (unpaired) electrons. The fraction of sp³-hybridized carbons (Fsp3) is 0.389. The van der Waals surface area contributed by atoms with Crippen LogP contribution >= 0.6 is 0 Å². The highest BCUT2D eigenvalue weighted by Gasteiger charge is 2.26. The number of unbranched alkanes of at least 4 members (excludes halogenated alkanes) is 3. The van der Waals surface area contributed by atoms with Gasteiger partial charge < -0.3 is 10.3 Å². The van der Waals surface area contributed by atoms with Gasteiger partial charge in [-0.25, -0.2) is 0 Å². The van der Waals surface area contributed by atoms with Crippen LogP contribution in [0.1, 0.15) is 59.0 Å². The van der Waals surface area contributed by atoms with Crippen molar-refractivity contribution in [3.8, 4) is 0 Å². The average Bonchev–Trinajstić information content (AvgIpc) is 2.86. The summed E-state index contributed by atoms with van der Waals surface area (Å²) in [5.41, 5.74) is 8.22. The van der Waals surface area contributed by atoms with Crippen LogP contribution in [0.15, 0.2) is 23.2 Å². The standard InChI is InChI=1S/C18H21N3O2/c1-2-3-4-5-9-21-13-8-6-7-12(18(19)23)16(13)17-14(21)10-20-11-15(17)22/h6-8,10H,2-5,9,11H2,1H3,(H2,19,23). The van der Waals surface area contributed by atoms with Gasteiger partial charge in [0.15, 0.2) is 5.78 Å². The summed E-state index contributed by atoms with van der Waals surface area (Å²) in [5, 5.41) is 0.682. The predicted molar refractivity (Wildman–Crippen MR) is 91.4 cm³/mol. The molecule has 1 aliphatic rings. The molecule has 3 rings (SSSR count). The molecule has 5 nitrogen and oxygen atoms in total. The number of aliphatic imine (C=N–C) groups is 1. The number of rotatable bonds is 6. The number of amides is 1. The third kappa shape index (κ3) is 2.67. The molecule has 1 aromatic carbocycles. The van der Waals surface area contributed by atoms with Crippen LogP contribution in [0.4, 0.5) is 0 Å². The minimum Gasteiger partial charge on any atom is -0.366 e. The van der Waals surface area contributed by atoms with Crippen molar-refractivity contribution < 1.29 is 9.59 Å². The van der Waals surface area contributed by atoms with E-state index in [1.54, 1.807) is 12.3 Å². The van der Waals surface area contributed by atoms with Crippen molar-refractivity contribution in [2.75, 3.05) is 6.54 Å². The van der Waals surface area contributed by atoms with Gasteiger partial charge >= 0.3 is 0 Å². The molecule has 2 aromatic rings. The number of aryl methyl sites for hydroxylation is 1. The molecule has 0 fully saturated rings. The van der Waals surface area contributed by atoms with Gasteiger partial charge in [0.2, 0.25) is 5.91 Å². The highest BCUT2D eigenvalue weighted by Crippen LogP contribution is 2.31. The van der Waals surface area contributed by atoms with Gasteiger partial charge in [-0.1, -0.05) is 32.3 Å². The molecule has 0 unspecified atom stereocenters. The largest absolute Gasteiger partial charge is 0.366 e. The highest BCUT2D eigenvalue weighted by atomic mass is 16.1. The van der Waals surface area contributed by atoms with Gasteiger partial charge in [-0.2, -0.15) is 0 Å². The number of aromatic nitrogens is 1. The Hall–Kier alpha value is -2.43. The zero-order valence-corrected chi connectivity index (χ0v) is 13.3. The van der Waals surface area contributed by atoms with Crippen LogP contribution in [0.2, 0.25) is 0 Å². The number of hydrogen-bond donors (Lipinski definition) is 1. The lowest BCUT2D eigenvalue weighted by atomic mass is 10.0. The number of nitrogens with zero attached hydrogens (tertiary/aromatic N) is 2. The Morgan fingerprint density at radius 3 is 2.87 bits per heavy atom. The molecule has 0 aliphatic carbocycles. The third-order valence-electron chi connectivity index (χ3n) is 4.36. The monoisotopic (exact) mass is 311 g/mol. The van der Waals surface area contributed by atoms with E-state index in [4.69, 9.17) is 5.73 Å². The first kappa shape index (κ1) is 15.5. The first-order valence-electron chi connectivity index (χ1n) is 8.13. The van der Waals surface area contributed by atoms with Crippen LogP contribution < -0.4 is 5.73 Å². The van der Waals surface area contributed by atoms with E-state index in [1.807, 2.05) is 12.1 Å². The average molecular weight is 311 g/mol. The van der Waals surface area contributed by atoms with Crippen molar-refractivity contribution >= 4 is 28.8 Å². The quantitative estimate of drug-likeness (QED) is 0.833. The number of nitrogens with two attached hydrogens (primary N) is 1. The minimum atomic E-state index is -0.503. The Bertz CT molecular complexity index is 802. The van der Waals surface area contributed by atoms with Crippen LogP contribution in [0, 0.1) is 0 Å². The molecule has 120 valence electrons. The lowest BCUT2D eigenvalue weighted by Gasteiger charge is -2.10. The van der Waals surface area contributed by atoms with Crippen molar-refractivity contribution in [1.82, 2.24) is 4.57 Å². The normalized spacial score (nSPS) is 13.5. The molecule has 5 heteroatoms. The molecule has 0 saturated heterocycles. The van der Waals surface area contributed by atoms with Crippen LogP contribution in [-0.2, 0) is 6.54 Å². The summed E-state index contributed by atoms with van der Waals surface area (Å²) in [6.07, 6.45) is 6.30.